The van der Waals surface area contributed by atoms with Crippen molar-refractivity contribution < 1.29 is 14.3 Å². The van der Waals surface area contributed by atoms with Crippen LogP contribution in [0.25, 0.3) is 0 Å². The van der Waals surface area contributed by atoms with Crippen LogP contribution in [0.15, 0.2) is 0 Å². The molecule has 0 aliphatic rings. The Hall–Kier alpha value is -0.840. The van der Waals surface area contributed by atoms with E-state index in [0.29, 0.717) is 6.61 Å². The van der Waals surface area contributed by atoms with E-state index in [4.69, 9.17) is 9.47 Å². The zero-order chi connectivity index (χ0) is 11.2. The maximum absolute atomic E-state index is 11.2. The van der Waals surface area contributed by atoms with Crippen molar-refractivity contribution in [2.45, 2.75) is 39.3 Å². The van der Waals surface area contributed by atoms with E-state index < -0.39 is 11.7 Å². The molecule has 0 rings (SSSR count). The van der Waals surface area contributed by atoms with E-state index >= 15 is 0 Å². The van der Waals surface area contributed by atoms with Gasteiger partial charge >= 0.3 is 6.09 Å². The number of nitrogens with one attached hydrogen (secondary N) is 1. The second-order valence-corrected chi connectivity index (χ2v) is 4.17. The van der Waals surface area contributed by atoms with Crippen LogP contribution >= 0.6 is 12.2 Å². The van der Waals surface area contributed by atoms with E-state index in [2.05, 4.69) is 17.5 Å². The second kappa shape index (κ2) is 5.80. The predicted octanol–water partition coefficient (Wildman–Crippen LogP) is 1.87. The lowest BCUT2D eigenvalue weighted by Crippen LogP contribution is -2.39. The quantitative estimate of drug-likeness (QED) is 0.733. The summed E-state index contributed by atoms with van der Waals surface area (Å²) >= 11 is 4.48. The molecule has 0 unspecified atom stereocenters. The van der Waals surface area contributed by atoms with E-state index in [1.165, 1.54) is 5.55 Å². The lowest BCUT2D eigenvalue weighted by Gasteiger charge is -2.21. The van der Waals surface area contributed by atoms with Crippen molar-refractivity contribution in [1.82, 2.24) is 5.32 Å². The number of rotatable bonds is 4. The highest BCUT2D eigenvalue weighted by Gasteiger charge is 2.17. The highest BCUT2D eigenvalue weighted by atomic mass is 32.1. The Morgan fingerprint density at radius 1 is 1.57 bits per heavy atom. The van der Waals surface area contributed by atoms with Crippen LogP contribution < -0.4 is 5.32 Å². The first kappa shape index (κ1) is 13.2. The zero-order valence-electron chi connectivity index (χ0n) is 8.99. The Labute approximate surface area is 90.0 Å². The summed E-state index contributed by atoms with van der Waals surface area (Å²) in [5.74, 6) is 0. The molecule has 0 aliphatic heterocycles. The van der Waals surface area contributed by atoms with Gasteiger partial charge < -0.3 is 14.8 Å². The summed E-state index contributed by atoms with van der Waals surface area (Å²) in [6.45, 7) is 7.59. The number of carbonyl (C=O) groups is 1. The van der Waals surface area contributed by atoms with E-state index in [1.54, 1.807) is 0 Å². The fourth-order valence-corrected chi connectivity index (χ4v) is 0.813. The minimum atomic E-state index is -0.477. The van der Waals surface area contributed by atoms with Gasteiger partial charge in [0.25, 0.3) is 0 Å². The first-order chi connectivity index (χ1) is 6.35. The van der Waals surface area contributed by atoms with Crippen LogP contribution in [0.1, 0.15) is 27.7 Å². The molecular weight excluding hydrogens is 202 g/mol. The molecular formula is C9H17NO3S. The van der Waals surface area contributed by atoms with Crippen molar-refractivity contribution in [3.63, 3.8) is 0 Å². The molecule has 0 aromatic heterocycles. The Morgan fingerprint density at radius 2 is 2.14 bits per heavy atom. The standard InChI is InChI=1S/C9H17NO3S/c1-7(5-12-6-14)10-8(11)13-9(2,3)4/h6-7H,5H2,1-4H3,(H,10,11)/t7-/m1/s1. The zero-order valence-corrected chi connectivity index (χ0v) is 9.81. The minimum Gasteiger partial charge on any atom is -0.488 e. The summed E-state index contributed by atoms with van der Waals surface area (Å²) in [6, 6.07) is -0.121. The van der Waals surface area contributed by atoms with E-state index in [0.717, 1.165) is 0 Å². The molecule has 0 saturated carbocycles. The molecule has 0 spiro atoms. The Kier molecular flexibility index (Phi) is 5.45. The van der Waals surface area contributed by atoms with Gasteiger partial charge in [0.15, 0.2) is 0 Å². The average Bonchev–Trinajstić information content (AvgIpc) is 1.96. The predicted molar refractivity (Wildman–Crippen MR) is 58.4 cm³/mol. The fraction of sp³-hybridized carbons (Fsp3) is 0.778. The third kappa shape index (κ3) is 7.79. The van der Waals surface area contributed by atoms with Crippen molar-refractivity contribution in [2.24, 2.45) is 0 Å². The number of hydrogen-bond acceptors (Lipinski definition) is 4. The van der Waals surface area contributed by atoms with E-state index in [9.17, 15) is 4.79 Å². The van der Waals surface area contributed by atoms with Gasteiger partial charge in [0, 0.05) is 0 Å². The van der Waals surface area contributed by atoms with Gasteiger partial charge in [-0.3, -0.25) is 0 Å². The first-order valence-electron chi connectivity index (χ1n) is 4.40. The molecule has 14 heavy (non-hydrogen) atoms. The molecule has 0 saturated heterocycles. The molecule has 0 aromatic carbocycles. The molecule has 0 heterocycles. The molecule has 5 heteroatoms. The van der Waals surface area contributed by atoms with Crippen LogP contribution in [0.3, 0.4) is 0 Å². The molecule has 0 fully saturated rings. The molecule has 1 atom stereocenters. The van der Waals surface area contributed by atoms with Crippen molar-refractivity contribution in [2.75, 3.05) is 6.61 Å². The Bertz CT molecular complexity index is 201. The van der Waals surface area contributed by atoms with Gasteiger partial charge in [-0.15, -0.1) is 0 Å². The molecule has 0 bridgehead atoms. The largest absolute Gasteiger partial charge is 0.488 e. The van der Waals surface area contributed by atoms with Crippen LogP contribution in [0, 0.1) is 0 Å². The Balaban J connectivity index is 3.76. The van der Waals surface area contributed by atoms with E-state index in [-0.39, 0.29) is 6.04 Å². The summed E-state index contributed by atoms with van der Waals surface area (Å²) in [5, 5.41) is 2.62. The smallest absolute Gasteiger partial charge is 0.407 e. The molecule has 4 nitrogen and oxygen atoms in total. The molecule has 82 valence electrons. The van der Waals surface area contributed by atoms with Gasteiger partial charge in [-0.2, -0.15) is 0 Å². The highest BCUT2D eigenvalue weighted by molar-refractivity contribution is 7.78. The Morgan fingerprint density at radius 3 is 2.57 bits per heavy atom. The van der Waals surface area contributed by atoms with Crippen LogP contribution in [-0.2, 0) is 9.47 Å². The monoisotopic (exact) mass is 219 g/mol. The molecule has 1 amide bonds. The highest BCUT2D eigenvalue weighted by Crippen LogP contribution is 2.06. The lowest BCUT2D eigenvalue weighted by molar-refractivity contribution is 0.0493. The first-order valence-corrected chi connectivity index (χ1v) is 4.87. The maximum atomic E-state index is 11.2. The number of alkyl carbamates (subject to hydrolysis) is 1. The average molecular weight is 219 g/mol. The van der Waals surface area contributed by atoms with Gasteiger partial charge in [0.05, 0.1) is 6.04 Å². The summed E-state index contributed by atoms with van der Waals surface area (Å²) in [6.07, 6.45) is -0.446. The van der Waals surface area contributed by atoms with Gasteiger partial charge in [-0.25, -0.2) is 4.79 Å². The molecule has 1 N–H and O–H groups in total. The van der Waals surface area contributed by atoms with Crippen molar-refractivity contribution in [3.8, 4) is 0 Å². The van der Waals surface area contributed by atoms with Crippen molar-refractivity contribution in [3.05, 3.63) is 0 Å². The lowest BCUT2D eigenvalue weighted by atomic mass is 10.2. The third-order valence-electron chi connectivity index (χ3n) is 1.18. The minimum absolute atomic E-state index is 0.121. The molecule has 0 aromatic rings. The summed E-state index contributed by atoms with van der Waals surface area (Å²) in [5.41, 5.74) is 0.697. The summed E-state index contributed by atoms with van der Waals surface area (Å²) in [7, 11) is 0. The van der Waals surface area contributed by atoms with Gasteiger partial charge in [-0.1, -0.05) is 0 Å². The maximum Gasteiger partial charge on any atom is 0.407 e. The third-order valence-corrected chi connectivity index (χ3v) is 1.31. The summed E-state index contributed by atoms with van der Waals surface area (Å²) < 4.78 is 9.89. The topological polar surface area (TPSA) is 47.6 Å². The van der Waals surface area contributed by atoms with Gasteiger partial charge in [-0.05, 0) is 39.9 Å². The van der Waals surface area contributed by atoms with Crippen LogP contribution in [0.4, 0.5) is 4.79 Å². The number of thiocarbonyl (C=S) groups is 1. The second-order valence-electron chi connectivity index (χ2n) is 3.98. The number of amides is 1. The fourth-order valence-electron chi connectivity index (χ4n) is 0.734. The number of hydrogen-bond donors (Lipinski definition) is 1. The van der Waals surface area contributed by atoms with Crippen LogP contribution in [0.5, 0.6) is 0 Å². The van der Waals surface area contributed by atoms with Gasteiger partial charge in [0.2, 0.25) is 0 Å². The van der Waals surface area contributed by atoms with Crippen LogP contribution in [-0.4, -0.2) is 29.9 Å². The molecule has 0 aliphatic carbocycles. The SMILES string of the molecule is C[C@H](COC=S)NC(=O)OC(C)(C)C. The van der Waals surface area contributed by atoms with Crippen molar-refractivity contribution >= 4 is 23.9 Å². The molecule has 0 radical (unpaired) electrons. The van der Waals surface area contributed by atoms with Crippen LogP contribution in [0.2, 0.25) is 0 Å². The van der Waals surface area contributed by atoms with Crippen molar-refractivity contribution in [1.29, 1.82) is 0 Å². The normalized spacial score (nSPS) is 12.9. The number of carbonyl (C=O) groups excluding carboxylic acids is 1. The number of ether oxygens (including phenoxy) is 2. The summed E-state index contributed by atoms with van der Waals surface area (Å²) in [4.78, 5) is 11.2. The van der Waals surface area contributed by atoms with Gasteiger partial charge in [0.1, 0.15) is 17.8 Å². The van der Waals surface area contributed by atoms with E-state index in [1.807, 2.05) is 27.7 Å².